The van der Waals surface area contributed by atoms with Crippen molar-refractivity contribution in [3.8, 4) is 5.69 Å². The average molecular weight is 319 g/mol. The SMILES string of the molecule is Cc1nc2ccccc2c(=O)n1-c1ccc(NC(=O)C2CC2)cc1. The Morgan fingerprint density at radius 2 is 1.83 bits per heavy atom. The molecule has 1 N–H and O–H groups in total. The number of hydrogen-bond donors (Lipinski definition) is 1. The number of carbonyl (C=O) groups is 1. The number of carbonyl (C=O) groups excluding carboxylic acids is 1. The lowest BCUT2D eigenvalue weighted by Gasteiger charge is -2.12. The normalized spacial score (nSPS) is 13.9. The van der Waals surface area contributed by atoms with Crippen molar-refractivity contribution < 1.29 is 4.79 Å². The van der Waals surface area contributed by atoms with E-state index >= 15 is 0 Å². The number of fused-ring (bicyclic) bond motifs is 1. The number of rotatable bonds is 3. The molecule has 0 saturated heterocycles. The van der Waals surface area contributed by atoms with E-state index in [0.717, 1.165) is 24.2 Å². The summed E-state index contributed by atoms with van der Waals surface area (Å²) in [5.41, 5.74) is 2.09. The van der Waals surface area contributed by atoms with E-state index in [1.165, 1.54) is 0 Å². The van der Waals surface area contributed by atoms with Crippen LogP contribution in [0.4, 0.5) is 5.69 Å². The van der Waals surface area contributed by atoms with Crippen molar-refractivity contribution in [3.05, 3.63) is 64.7 Å². The van der Waals surface area contributed by atoms with Gasteiger partial charge in [-0.05, 0) is 56.2 Å². The van der Waals surface area contributed by atoms with Gasteiger partial charge in [-0.25, -0.2) is 4.98 Å². The summed E-state index contributed by atoms with van der Waals surface area (Å²) in [4.78, 5) is 29.1. The molecule has 1 aliphatic rings. The average Bonchev–Trinajstić information content (AvgIpc) is 3.41. The third kappa shape index (κ3) is 2.58. The van der Waals surface area contributed by atoms with Crippen LogP contribution in [0.15, 0.2) is 53.3 Å². The number of aromatic nitrogens is 2. The number of nitrogens with zero attached hydrogens (tertiary/aromatic N) is 2. The summed E-state index contributed by atoms with van der Waals surface area (Å²) < 4.78 is 1.59. The van der Waals surface area contributed by atoms with Gasteiger partial charge in [-0.1, -0.05) is 12.1 Å². The molecule has 0 radical (unpaired) electrons. The lowest BCUT2D eigenvalue weighted by atomic mass is 10.2. The van der Waals surface area contributed by atoms with Gasteiger partial charge >= 0.3 is 0 Å². The Kier molecular flexibility index (Phi) is 3.41. The highest BCUT2D eigenvalue weighted by atomic mass is 16.2. The maximum absolute atomic E-state index is 12.8. The molecule has 1 heterocycles. The molecule has 1 fully saturated rings. The molecule has 1 saturated carbocycles. The monoisotopic (exact) mass is 319 g/mol. The van der Waals surface area contributed by atoms with Gasteiger partial charge in [-0.3, -0.25) is 14.2 Å². The summed E-state index contributed by atoms with van der Waals surface area (Å²) in [6.45, 7) is 1.82. The van der Waals surface area contributed by atoms with E-state index in [2.05, 4.69) is 10.3 Å². The van der Waals surface area contributed by atoms with Gasteiger partial charge in [0.25, 0.3) is 5.56 Å². The molecular weight excluding hydrogens is 302 g/mol. The molecule has 5 nitrogen and oxygen atoms in total. The Morgan fingerprint density at radius 1 is 1.12 bits per heavy atom. The van der Waals surface area contributed by atoms with E-state index in [1.54, 1.807) is 10.6 Å². The van der Waals surface area contributed by atoms with E-state index in [9.17, 15) is 9.59 Å². The zero-order valence-electron chi connectivity index (χ0n) is 13.3. The van der Waals surface area contributed by atoms with Crippen molar-refractivity contribution >= 4 is 22.5 Å². The first-order chi connectivity index (χ1) is 11.6. The molecule has 1 aromatic heterocycles. The maximum atomic E-state index is 12.8. The summed E-state index contributed by atoms with van der Waals surface area (Å²) in [5.74, 6) is 0.871. The second-order valence-electron chi connectivity index (χ2n) is 6.13. The molecule has 4 rings (SSSR count). The minimum absolute atomic E-state index is 0.0727. The molecule has 0 atom stereocenters. The highest BCUT2D eigenvalue weighted by Gasteiger charge is 2.29. The highest BCUT2D eigenvalue weighted by Crippen LogP contribution is 2.30. The topological polar surface area (TPSA) is 64.0 Å². The summed E-state index contributed by atoms with van der Waals surface area (Å²) in [6, 6.07) is 14.6. The van der Waals surface area contributed by atoms with Crippen LogP contribution in [0.3, 0.4) is 0 Å². The predicted octanol–water partition coefficient (Wildman–Crippen LogP) is 3.04. The Labute approximate surface area is 139 Å². The highest BCUT2D eigenvalue weighted by molar-refractivity contribution is 5.94. The largest absolute Gasteiger partial charge is 0.326 e. The van der Waals surface area contributed by atoms with Gasteiger partial charge < -0.3 is 5.32 Å². The molecular formula is C19H17N3O2. The fourth-order valence-corrected chi connectivity index (χ4v) is 2.83. The molecule has 0 bridgehead atoms. The third-order valence-electron chi connectivity index (χ3n) is 4.28. The van der Waals surface area contributed by atoms with E-state index in [-0.39, 0.29) is 17.4 Å². The Morgan fingerprint density at radius 3 is 2.54 bits per heavy atom. The van der Waals surface area contributed by atoms with Crippen LogP contribution < -0.4 is 10.9 Å². The Balaban J connectivity index is 1.72. The molecule has 1 amide bonds. The zero-order valence-corrected chi connectivity index (χ0v) is 13.3. The summed E-state index contributed by atoms with van der Waals surface area (Å²) in [6.07, 6.45) is 1.95. The molecule has 24 heavy (non-hydrogen) atoms. The number of aryl methyl sites for hydroxylation is 1. The molecule has 0 spiro atoms. The number of anilines is 1. The summed E-state index contributed by atoms with van der Waals surface area (Å²) in [5, 5.41) is 3.49. The molecule has 3 aromatic rings. The standard InChI is InChI=1S/C19H17N3O2/c1-12-20-17-5-3-2-4-16(17)19(24)22(12)15-10-8-14(9-11-15)21-18(23)13-6-7-13/h2-5,8-11,13H,6-7H2,1H3,(H,21,23). The molecule has 120 valence electrons. The second kappa shape index (κ2) is 5.60. The van der Waals surface area contributed by atoms with Crippen LogP contribution in [-0.2, 0) is 4.79 Å². The van der Waals surface area contributed by atoms with Crippen LogP contribution in [0, 0.1) is 12.8 Å². The van der Waals surface area contributed by atoms with E-state index in [0.29, 0.717) is 16.7 Å². The first-order valence-electron chi connectivity index (χ1n) is 8.03. The van der Waals surface area contributed by atoms with Crippen LogP contribution in [0.2, 0.25) is 0 Å². The third-order valence-corrected chi connectivity index (χ3v) is 4.28. The molecule has 0 unspecified atom stereocenters. The molecule has 5 heteroatoms. The number of nitrogens with one attached hydrogen (secondary N) is 1. The zero-order chi connectivity index (χ0) is 16.7. The van der Waals surface area contributed by atoms with Crippen LogP contribution in [0.1, 0.15) is 18.7 Å². The lowest BCUT2D eigenvalue weighted by molar-refractivity contribution is -0.117. The van der Waals surface area contributed by atoms with Gasteiger partial charge in [-0.2, -0.15) is 0 Å². The van der Waals surface area contributed by atoms with Gasteiger partial charge in [0.15, 0.2) is 0 Å². The van der Waals surface area contributed by atoms with E-state index in [4.69, 9.17) is 0 Å². The van der Waals surface area contributed by atoms with Gasteiger partial charge in [-0.15, -0.1) is 0 Å². The van der Waals surface area contributed by atoms with Crippen molar-refractivity contribution in [2.45, 2.75) is 19.8 Å². The van der Waals surface area contributed by atoms with Gasteiger partial charge in [0.2, 0.25) is 5.91 Å². The first kappa shape index (κ1) is 14.6. The summed E-state index contributed by atoms with van der Waals surface area (Å²) in [7, 11) is 0. The van der Waals surface area contributed by atoms with Crippen molar-refractivity contribution in [2.75, 3.05) is 5.32 Å². The molecule has 0 aliphatic heterocycles. The fraction of sp³-hybridized carbons (Fsp3) is 0.211. The first-order valence-corrected chi connectivity index (χ1v) is 8.03. The minimum atomic E-state index is -0.0899. The number of para-hydroxylation sites is 1. The minimum Gasteiger partial charge on any atom is -0.326 e. The number of hydrogen-bond acceptors (Lipinski definition) is 3. The smallest absolute Gasteiger partial charge is 0.265 e. The Hall–Kier alpha value is -2.95. The maximum Gasteiger partial charge on any atom is 0.265 e. The van der Waals surface area contributed by atoms with Gasteiger partial charge in [0.1, 0.15) is 5.82 Å². The fourth-order valence-electron chi connectivity index (χ4n) is 2.83. The van der Waals surface area contributed by atoms with Crippen molar-refractivity contribution in [1.82, 2.24) is 9.55 Å². The van der Waals surface area contributed by atoms with Crippen molar-refractivity contribution in [2.24, 2.45) is 5.92 Å². The number of amides is 1. The van der Waals surface area contributed by atoms with Crippen molar-refractivity contribution in [1.29, 1.82) is 0 Å². The quantitative estimate of drug-likeness (QED) is 0.807. The van der Waals surface area contributed by atoms with E-state index < -0.39 is 0 Å². The van der Waals surface area contributed by atoms with Crippen LogP contribution in [0.5, 0.6) is 0 Å². The predicted molar refractivity (Wildman–Crippen MR) is 93.4 cm³/mol. The van der Waals surface area contributed by atoms with Crippen LogP contribution >= 0.6 is 0 Å². The number of benzene rings is 2. The van der Waals surface area contributed by atoms with Crippen LogP contribution in [0.25, 0.3) is 16.6 Å². The lowest BCUT2D eigenvalue weighted by Crippen LogP contribution is -2.22. The van der Waals surface area contributed by atoms with E-state index in [1.807, 2.05) is 49.4 Å². The second-order valence-corrected chi connectivity index (χ2v) is 6.13. The Bertz CT molecular complexity index is 986. The molecule has 1 aliphatic carbocycles. The summed E-state index contributed by atoms with van der Waals surface area (Å²) >= 11 is 0. The van der Waals surface area contributed by atoms with Gasteiger partial charge in [0, 0.05) is 11.6 Å². The van der Waals surface area contributed by atoms with Crippen LogP contribution in [-0.4, -0.2) is 15.5 Å². The molecule has 2 aromatic carbocycles. The van der Waals surface area contributed by atoms with Gasteiger partial charge in [0.05, 0.1) is 16.6 Å². The van der Waals surface area contributed by atoms with Crippen molar-refractivity contribution in [3.63, 3.8) is 0 Å².